The number of rotatable bonds is 4. The highest BCUT2D eigenvalue weighted by atomic mass is 16.3. The van der Waals surface area contributed by atoms with Gasteiger partial charge in [0, 0.05) is 18.9 Å². The van der Waals surface area contributed by atoms with Crippen molar-refractivity contribution in [1.29, 1.82) is 0 Å². The van der Waals surface area contributed by atoms with E-state index in [0.29, 0.717) is 23.6 Å². The summed E-state index contributed by atoms with van der Waals surface area (Å²) in [5, 5.41) is 24.9. The van der Waals surface area contributed by atoms with Crippen LogP contribution in [-0.2, 0) is 6.54 Å². The Balaban J connectivity index is 1.61. The quantitative estimate of drug-likeness (QED) is 0.860. The van der Waals surface area contributed by atoms with Crippen molar-refractivity contribution in [2.45, 2.75) is 38.5 Å². The van der Waals surface area contributed by atoms with E-state index in [2.05, 4.69) is 20.6 Å². The molecule has 3 rings (SSSR count). The van der Waals surface area contributed by atoms with E-state index in [9.17, 15) is 9.90 Å². The highest BCUT2D eigenvalue weighted by molar-refractivity contribution is 5.95. The van der Waals surface area contributed by atoms with Crippen LogP contribution in [0.1, 0.15) is 28.9 Å². The first-order valence-electron chi connectivity index (χ1n) is 7.38. The lowest BCUT2D eigenvalue weighted by Crippen LogP contribution is -2.40. The topological polar surface area (TPSA) is 92.9 Å². The van der Waals surface area contributed by atoms with Crippen molar-refractivity contribution in [3.63, 3.8) is 0 Å². The number of hydrogen-bond donors (Lipinski definition) is 2. The van der Waals surface area contributed by atoms with Gasteiger partial charge in [-0.3, -0.25) is 9.48 Å². The Hall–Kier alpha value is -2.28. The molecule has 1 aliphatic rings. The van der Waals surface area contributed by atoms with E-state index in [-0.39, 0.29) is 11.9 Å². The molecule has 0 aromatic carbocycles. The summed E-state index contributed by atoms with van der Waals surface area (Å²) < 4.78 is 1.86. The van der Waals surface area contributed by atoms with Gasteiger partial charge in [0.1, 0.15) is 0 Å². The Kier molecular flexibility index (Phi) is 4.15. The molecule has 3 atom stereocenters. The summed E-state index contributed by atoms with van der Waals surface area (Å²) in [5.41, 5.74) is 1.08. The molecule has 2 N–H and O–H groups in total. The van der Waals surface area contributed by atoms with Crippen LogP contribution in [0.4, 0.5) is 0 Å². The number of nitrogens with zero attached hydrogens (tertiary/aromatic N) is 4. The SMILES string of the molecule is Cc1nnccc1C(=O)N[C@@H]1CC(Cn2cccn2)C[C@H]1O. The first kappa shape index (κ1) is 14.6. The zero-order valence-electron chi connectivity index (χ0n) is 12.4. The molecule has 2 heterocycles. The Morgan fingerprint density at radius 3 is 3.05 bits per heavy atom. The maximum Gasteiger partial charge on any atom is 0.253 e. The van der Waals surface area contributed by atoms with E-state index >= 15 is 0 Å². The van der Waals surface area contributed by atoms with Gasteiger partial charge in [-0.05, 0) is 37.8 Å². The summed E-state index contributed by atoms with van der Waals surface area (Å²) in [4.78, 5) is 12.3. The predicted octanol–water partition coefficient (Wildman–Crippen LogP) is 0.551. The lowest BCUT2D eigenvalue weighted by molar-refractivity contribution is 0.0871. The minimum absolute atomic E-state index is 0.212. The molecule has 1 unspecified atom stereocenters. The fraction of sp³-hybridized carbons (Fsp3) is 0.467. The van der Waals surface area contributed by atoms with Crippen LogP contribution in [-0.4, -0.2) is 43.1 Å². The van der Waals surface area contributed by atoms with Crippen molar-refractivity contribution in [3.05, 3.63) is 42.0 Å². The molecule has 2 aromatic heterocycles. The molecular weight excluding hydrogens is 282 g/mol. The third kappa shape index (κ3) is 3.14. The maximum absolute atomic E-state index is 12.3. The minimum Gasteiger partial charge on any atom is -0.391 e. The summed E-state index contributed by atoms with van der Waals surface area (Å²) in [7, 11) is 0. The fourth-order valence-corrected chi connectivity index (χ4v) is 2.98. The smallest absolute Gasteiger partial charge is 0.253 e. The van der Waals surface area contributed by atoms with Gasteiger partial charge in [-0.2, -0.15) is 15.3 Å². The zero-order valence-corrected chi connectivity index (χ0v) is 12.4. The number of carbonyl (C=O) groups is 1. The maximum atomic E-state index is 12.3. The van der Waals surface area contributed by atoms with E-state index < -0.39 is 6.10 Å². The second kappa shape index (κ2) is 6.23. The van der Waals surface area contributed by atoms with Gasteiger partial charge in [0.15, 0.2) is 0 Å². The Morgan fingerprint density at radius 1 is 1.45 bits per heavy atom. The summed E-state index contributed by atoms with van der Waals surface area (Å²) in [6.07, 6.45) is 6.02. The van der Waals surface area contributed by atoms with Crippen LogP contribution in [0.25, 0.3) is 0 Å². The van der Waals surface area contributed by atoms with E-state index in [0.717, 1.165) is 13.0 Å². The van der Waals surface area contributed by atoms with Crippen LogP contribution in [0.5, 0.6) is 0 Å². The highest BCUT2D eigenvalue weighted by Crippen LogP contribution is 2.27. The number of hydrogen-bond acceptors (Lipinski definition) is 5. The van der Waals surface area contributed by atoms with Crippen molar-refractivity contribution < 1.29 is 9.90 Å². The number of aromatic nitrogens is 4. The van der Waals surface area contributed by atoms with Gasteiger partial charge < -0.3 is 10.4 Å². The zero-order chi connectivity index (χ0) is 15.5. The van der Waals surface area contributed by atoms with Crippen LogP contribution in [0.15, 0.2) is 30.7 Å². The first-order valence-corrected chi connectivity index (χ1v) is 7.38. The van der Waals surface area contributed by atoms with Gasteiger partial charge in [-0.25, -0.2) is 0 Å². The molecule has 116 valence electrons. The molecule has 7 nitrogen and oxygen atoms in total. The van der Waals surface area contributed by atoms with E-state index in [1.807, 2.05) is 16.9 Å². The third-order valence-electron chi connectivity index (χ3n) is 4.10. The number of aryl methyl sites for hydroxylation is 1. The second-order valence-electron chi connectivity index (χ2n) is 5.74. The van der Waals surface area contributed by atoms with E-state index in [4.69, 9.17) is 0 Å². The fourth-order valence-electron chi connectivity index (χ4n) is 2.98. The van der Waals surface area contributed by atoms with E-state index in [1.54, 1.807) is 19.2 Å². The molecule has 7 heteroatoms. The monoisotopic (exact) mass is 301 g/mol. The summed E-state index contributed by atoms with van der Waals surface area (Å²) in [6.45, 7) is 2.50. The largest absolute Gasteiger partial charge is 0.391 e. The van der Waals surface area contributed by atoms with Crippen molar-refractivity contribution >= 4 is 5.91 Å². The summed E-state index contributed by atoms with van der Waals surface area (Å²) in [5.74, 6) is 0.0908. The second-order valence-corrected chi connectivity index (χ2v) is 5.74. The van der Waals surface area contributed by atoms with Crippen LogP contribution in [0.2, 0.25) is 0 Å². The molecule has 1 aliphatic carbocycles. The molecule has 0 saturated heterocycles. The average Bonchev–Trinajstić information content (AvgIpc) is 3.10. The number of amides is 1. The molecule has 1 saturated carbocycles. The number of nitrogens with one attached hydrogen (secondary N) is 1. The minimum atomic E-state index is -0.528. The van der Waals surface area contributed by atoms with Crippen molar-refractivity contribution in [1.82, 2.24) is 25.3 Å². The van der Waals surface area contributed by atoms with Crippen LogP contribution in [0, 0.1) is 12.8 Å². The van der Waals surface area contributed by atoms with Crippen LogP contribution >= 0.6 is 0 Å². The molecule has 1 amide bonds. The standard InChI is InChI=1S/C15H19N5O2/c1-10-12(3-5-16-19-10)15(22)18-13-7-11(8-14(13)21)9-20-6-2-4-17-20/h2-6,11,13-14,21H,7-9H2,1H3,(H,18,22)/t11?,13-,14-/m1/s1. The number of aliphatic hydroxyl groups excluding tert-OH is 1. The first-order chi connectivity index (χ1) is 10.6. The van der Waals surface area contributed by atoms with Gasteiger partial charge >= 0.3 is 0 Å². The van der Waals surface area contributed by atoms with Gasteiger partial charge in [-0.15, -0.1) is 0 Å². The lowest BCUT2D eigenvalue weighted by atomic mass is 10.1. The normalized spacial score (nSPS) is 24.4. The third-order valence-corrected chi connectivity index (χ3v) is 4.10. The van der Waals surface area contributed by atoms with Crippen LogP contribution in [0.3, 0.4) is 0 Å². The molecule has 0 aliphatic heterocycles. The van der Waals surface area contributed by atoms with Gasteiger partial charge in [0.25, 0.3) is 5.91 Å². The Bertz CT molecular complexity index is 643. The molecule has 0 bridgehead atoms. The van der Waals surface area contributed by atoms with Crippen molar-refractivity contribution in [2.24, 2.45) is 5.92 Å². The molecule has 0 radical (unpaired) electrons. The molecule has 1 fully saturated rings. The Labute approximate surface area is 128 Å². The molecule has 2 aromatic rings. The molecule has 0 spiro atoms. The highest BCUT2D eigenvalue weighted by Gasteiger charge is 2.34. The van der Waals surface area contributed by atoms with Crippen molar-refractivity contribution in [3.8, 4) is 0 Å². The molecular formula is C15H19N5O2. The number of carbonyl (C=O) groups excluding carboxylic acids is 1. The Morgan fingerprint density at radius 2 is 2.32 bits per heavy atom. The van der Waals surface area contributed by atoms with Gasteiger partial charge in [0.05, 0.1) is 29.6 Å². The van der Waals surface area contributed by atoms with E-state index in [1.165, 1.54) is 6.20 Å². The average molecular weight is 301 g/mol. The summed E-state index contributed by atoms with van der Waals surface area (Å²) in [6, 6.07) is 3.28. The van der Waals surface area contributed by atoms with Gasteiger partial charge in [-0.1, -0.05) is 0 Å². The summed E-state index contributed by atoms with van der Waals surface area (Å²) >= 11 is 0. The lowest BCUT2D eigenvalue weighted by Gasteiger charge is -2.16. The van der Waals surface area contributed by atoms with Gasteiger partial charge in [0.2, 0.25) is 0 Å². The molecule has 22 heavy (non-hydrogen) atoms. The predicted molar refractivity (Wildman–Crippen MR) is 79.0 cm³/mol. The van der Waals surface area contributed by atoms with Crippen LogP contribution < -0.4 is 5.32 Å². The number of aliphatic hydroxyl groups is 1. The van der Waals surface area contributed by atoms with Crippen molar-refractivity contribution in [2.75, 3.05) is 0 Å².